The molecule has 3 aliphatic rings. The molecule has 0 radical (unpaired) electrons. The van der Waals surface area contributed by atoms with Crippen molar-refractivity contribution >= 4 is 5.97 Å². The Hall–Kier alpha value is -0.570. The molecule has 3 saturated carbocycles. The maximum atomic E-state index is 11.2. The van der Waals surface area contributed by atoms with Crippen LogP contribution in [0, 0.1) is 17.3 Å². The molecule has 0 spiro atoms. The lowest BCUT2D eigenvalue weighted by Gasteiger charge is -2.74. The topological polar surface area (TPSA) is 46.5 Å². The number of hydrogen-bond acceptors (Lipinski definition) is 3. The Balaban J connectivity index is 1.91. The summed E-state index contributed by atoms with van der Waals surface area (Å²) in [7, 11) is 0. The molecule has 3 aliphatic carbocycles. The molecule has 0 aromatic carbocycles. The van der Waals surface area contributed by atoms with E-state index in [2.05, 4.69) is 6.92 Å². The molecule has 0 bridgehead atoms. The highest BCUT2D eigenvalue weighted by atomic mass is 16.6. The lowest BCUT2D eigenvalue weighted by Crippen LogP contribution is -2.75. The molecule has 0 heterocycles. The van der Waals surface area contributed by atoms with Crippen LogP contribution in [-0.2, 0) is 9.53 Å². The van der Waals surface area contributed by atoms with Crippen LogP contribution in [0.25, 0.3) is 0 Å². The molecule has 3 nitrogen and oxygen atoms in total. The fourth-order valence-corrected chi connectivity index (χ4v) is 5.29. The van der Waals surface area contributed by atoms with Gasteiger partial charge in [-0.25, -0.2) is 0 Å². The van der Waals surface area contributed by atoms with E-state index >= 15 is 0 Å². The molecule has 5 unspecified atom stereocenters. The quantitative estimate of drug-likeness (QED) is 0.692. The zero-order valence-corrected chi connectivity index (χ0v) is 10.2. The van der Waals surface area contributed by atoms with Crippen molar-refractivity contribution in [3.63, 3.8) is 0 Å². The normalized spacial score (nSPS) is 58.0. The third-order valence-electron chi connectivity index (χ3n) is 4.94. The second-order valence-corrected chi connectivity index (χ2v) is 6.81. The van der Waals surface area contributed by atoms with Gasteiger partial charge in [-0.05, 0) is 37.5 Å². The van der Waals surface area contributed by atoms with E-state index in [0.29, 0.717) is 12.3 Å². The van der Waals surface area contributed by atoms with Crippen molar-refractivity contribution in [3.05, 3.63) is 0 Å². The summed E-state index contributed by atoms with van der Waals surface area (Å²) in [6.45, 7) is 5.59. The Morgan fingerprint density at radius 2 is 2.00 bits per heavy atom. The van der Waals surface area contributed by atoms with Crippen molar-refractivity contribution < 1.29 is 14.6 Å². The summed E-state index contributed by atoms with van der Waals surface area (Å²) >= 11 is 0. The minimum absolute atomic E-state index is 0.195. The van der Waals surface area contributed by atoms with Crippen LogP contribution in [0.3, 0.4) is 0 Å². The number of aliphatic hydroxyl groups is 1. The molecule has 3 fully saturated rings. The van der Waals surface area contributed by atoms with Crippen LogP contribution in [0.2, 0.25) is 0 Å². The van der Waals surface area contributed by atoms with Crippen molar-refractivity contribution in [2.45, 2.75) is 57.7 Å². The van der Waals surface area contributed by atoms with E-state index < -0.39 is 5.60 Å². The predicted octanol–water partition coefficient (Wildman–Crippen LogP) is 1.88. The second kappa shape index (κ2) is 2.63. The Kier molecular flexibility index (Phi) is 1.74. The van der Waals surface area contributed by atoms with E-state index in [-0.39, 0.29) is 17.0 Å². The molecule has 3 heteroatoms. The zero-order chi connectivity index (χ0) is 11.8. The summed E-state index contributed by atoms with van der Waals surface area (Å²) in [6, 6.07) is 0. The van der Waals surface area contributed by atoms with Gasteiger partial charge in [0, 0.05) is 19.3 Å². The van der Waals surface area contributed by atoms with Gasteiger partial charge in [-0.15, -0.1) is 0 Å². The van der Waals surface area contributed by atoms with Crippen LogP contribution < -0.4 is 0 Å². The van der Waals surface area contributed by atoms with Crippen molar-refractivity contribution in [2.75, 3.05) is 0 Å². The monoisotopic (exact) mass is 224 g/mol. The highest BCUT2D eigenvalue weighted by Crippen LogP contribution is 2.74. The molecule has 5 atom stereocenters. The number of carbonyl (C=O) groups is 1. The van der Waals surface area contributed by atoms with Crippen LogP contribution in [-0.4, -0.2) is 22.3 Å². The average molecular weight is 224 g/mol. The van der Waals surface area contributed by atoms with E-state index in [1.165, 1.54) is 13.3 Å². The van der Waals surface area contributed by atoms with Crippen LogP contribution >= 0.6 is 0 Å². The molecule has 0 aromatic heterocycles. The molecule has 90 valence electrons. The molecule has 3 rings (SSSR count). The molecule has 0 aromatic rings. The summed E-state index contributed by atoms with van der Waals surface area (Å²) in [6.07, 6.45) is 3.63. The number of rotatable bonds is 1. The minimum Gasteiger partial charge on any atom is -0.459 e. The van der Waals surface area contributed by atoms with Gasteiger partial charge in [0.25, 0.3) is 0 Å². The van der Waals surface area contributed by atoms with Crippen molar-refractivity contribution in [1.82, 2.24) is 0 Å². The van der Waals surface area contributed by atoms with Crippen LogP contribution in [0.1, 0.15) is 46.5 Å². The summed E-state index contributed by atoms with van der Waals surface area (Å²) in [5.41, 5.74) is -0.822. The molecule has 0 aliphatic heterocycles. The van der Waals surface area contributed by atoms with E-state index in [0.717, 1.165) is 18.8 Å². The van der Waals surface area contributed by atoms with Crippen LogP contribution in [0.4, 0.5) is 0 Å². The van der Waals surface area contributed by atoms with Crippen LogP contribution in [0.15, 0.2) is 0 Å². The summed E-state index contributed by atoms with van der Waals surface area (Å²) in [4.78, 5) is 11.2. The number of esters is 1. The first-order chi connectivity index (χ1) is 7.27. The maximum Gasteiger partial charge on any atom is 0.303 e. The Morgan fingerprint density at radius 3 is 2.56 bits per heavy atom. The second-order valence-electron chi connectivity index (χ2n) is 6.81. The Bertz CT molecular complexity index is 362. The van der Waals surface area contributed by atoms with Gasteiger partial charge in [0.2, 0.25) is 0 Å². The zero-order valence-electron chi connectivity index (χ0n) is 10.2. The van der Waals surface area contributed by atoms with Crippen molar-refractivity contribution in [2.24, 2.45) is 17.3 Å². The number of carbonyl (C=O) groups excluding carboxylic acids is 1. The van der Waals surface area contributed by atoms with Gasteiger partial charge in [0.15, 0.2) is 0 Å². The van der Waals surface area contributed by atoms with E-state index in [1.807, 2.05) is 6.92 Å². The summed E-state index contributed by atoms with van der Waals surface area (Å²) in [5.74, 6) is 1.04. The number of ether oxygens (including phenoxy) is 1. The largest absolute Gasteiger partial charge is 0.459 e. The Labute approximate surface area is 96.2 Å². The van der Waals surface area contributed by atoms with Gasteiger partial charge >= 0.3 is 5.97 Å². The standard InChI is InChI=1S/C13H20O3/c1-8(14)16-13-5-9-4-11(2,10(9)13)6-12(3,15)7-13/h9-10,15H,4-7H2,1-3H3. The molecule has 1 N–H and O–H groups in total. The molecule has 16 heavy (non-hydrogen) atoms. The SMILES string of the molecule is CC(=O)OC12CC3CC(C)(CC(C)(O)C1)C32. The van der Waals surface area contributed by atoms with Gasteiger partial charge < -0.3 is 9.84 Å². The molecular weight excluding hydrogens is 204 g/mol. The lowest BCUT2D eigenvalue weighted by molar-refractivity contribution is -0.320. The molecule has 0 saturated heterocycles. The fourth-order valence-electron chi connectivity index (χ4n) is 5.29. The average Bonchev–Trinajstić information content (AvgIpc) is 1.93. The first kappa shape index (κ1) is 10.6. The first-order valence-corrected chi connectivity index (χ1v) is 6.18. The summed E-state index contributed by atoms with van der Waals surface area (Å²) in [5, 5.41) is 10.3. The third-order valence-corrected chi connectivity index (χ3v) is 4.94. The van der Waals surface area contributed by atoms with Crippen molar-refractivity contribution in [1.29, 1.82) is 0 Å². The molecule has 0 amide bonds. The van der Waals surface area contributed by atoms with Gasteiger partial charge in [0.1, 0.15) is 5.60 Å². The van der Waals surface area contributed by atoms with Crippen molar-refractivity contribution in [3.8, 4) is 0 Å². The Morgan fingerprint density at radius 1 is 1.31 bits per heavy atom. The van der Waals surface area contributed by atoms with Gasteiger partial charge in [-0.3, -0.25) is 4.79 Å². The predicted molar refractivity (Wildman–Crippen MR) is 58.7 cm³/mol. The minimum atomic E-state index is -0.675. The first-order valence-electron chi connectivity index (χ1n) is 6.18. The van der Waals surface area contributed by atoms with Gasteiger partial charge in [0.05, 0.1) is 5.60 Å². The van der Waals surface area contributed by atoms with Crippen LogP contribution in [0.5, 0.6) is 0 Å². The summed E-state index contributed by atoms with van der Waals surface area (Å²) < 4.78 is 5.58. The lowest BCUT2D eigenvalue weighted by atomic mass is 9.33. The van der Waals surface area contributed by atoms with E-state index in [1.54, 1.807) is 0 Å². The van der Waals surface area contributed by atoms with Gasteiger partial charge in [-0.2, -0.15) is 0 Å². The smallest absolute Gasteiger partial charge is 0.303 e. The van der Waals surface area contributed by atoms with E-state index in [4.69, 9.17) is 4.74 Å². The van der Waals surface area contributed by atoms with Gasteiger partial charge in [-0.1, -0.05) is 6.92 Å². The number of hydrogen-bond donors (Lipinski definition) is 1. The third kappa shape index (κ3) is 1.15. The maximum absolute atomic E-state index is 11.2. The molecular formula is C13H20O3. The highest BCUT2D eigenvalue weighted by molar-refractivity contribution is 5.67. The fraction of sp³-hybridized carbons (Fsp3) is 0.923. The van der Waals surface area contributed by atoms with E-state index in [9.17, 15) is 9.90 Å². The highest BCUT2D eigenvalue weighted by Gasteiger charge is 2.74.